The average Bonchev–Trinajstić information content (AvgIpc) is 2.82. The van der Waals surface area contributed by atoms with Crippen molar-refractivity contribution in [2.24, 2.45) is 4.99 Å². The number of benzene rings is 2. The van der Waals surface area contributed by atoms with Crippen LogP contribution in [0.4, 0.5) is 0 Å². The van der Waals surface area contributed by atoms with E-state index < -0.39 is 0 Å². The highest BCUT2D eigenvalue weighted by Gasteiger charge is 2.12. The smallest absolute Gasteiger partial charge is 0.253 e. The van der Waals surface area contributed by atoms with Crippen LogP contribution in [-0.2, 0) is 19.6 Å². The number of nitrogens with one attached hydrogen (secondary N) is 2. The highest BCUT2D eigenvalue weighted by atomic mass is 127. The second kappa shape index (κ2) is 14.2. The first-order chi connectivity index (χ1) is 15.6. The van der Waals surface area contributed by atoms with Gasteiger partial charge in [-0.2, -0.15) is 0 Å². The standard InChI is InChI=1S/C26H37N5O.HI/c1-4-27-26(28-18-21-12-14-22(15-13-21)25(32)30(2)3)29-19-23-10-6-7-11-24(23)20-31-16-8-5-9-17-31;/h6-7,10-15H,4-5,8-9,16-20H2,1-3H3,(H2,27,28,29);1H. The molecule has 2 N–H and O–H groups in total. The number of likely N-dealkylation sites (tertiary alicyclic amines) is 1. The van der Waals surface area contributed by atoms with Crippen LogP contribution in [0.3, 0.4) is 0 Å². The minimum absolute atomic E-state index is 0. The SMILES string of the molecule is CCNC(=NCc1ccc(C(=O)N(C)C)cc1)NCc1ccccc1CN1CCCCC1.I. The van der Waals surface area contributed by atoms with Crippen molar-refractivity contribution < 1.29 is 4.79 Å². The number of hydrogen-bond donors (Lipinski definition) is 2. The molecule has 7 heteroatoms. The fourth-order valence-corrected chi connectivity index (χ4v) is 3.94. The third kappa shape index (κ3) is 8.62. The summed E-state index contributed by atoms with van der Waals surface area (Å²) in [6.45, 7) is 7.59. The maximum absolute atomic E-state index is 12.1. The van der Waals surface area contributed by atoms with Crippen LogP contribution in [0.15, 0.2) is 53.5 Å². The monoisotopic (exact) mass is 563 g/mol. The van der Waals surface area contributed by atoms with E-state index in [-0.39, 0.29) is 29.9 Å². The van der Waals surface area contributed by atoms with Gasteiger partial charge in [-0.05, 0) is 61.7 Å². The summed E-state index contributed by atoms with van der Waals surface area (Å²) in [5.41, 5.74) is 4.47. The van der Waals surface area contributed by atoms with Crippen LogP contribution >= 0.6 is 24.0 Å². The molecule has 33 heavy (non-hydrogen) atoms. The van der Waals surface area contributed by atoms with Crippen LogP contribution in [0.25, 0.3) is 0 Å². The molecule has 0 aromatic heterocycles. The number of carbonyl (C=O) groups excluding carboxylic acids is 1. The van der Waals surface area contributed by atoms with Gasteiger partial charge in [0.2, 0.25) is 0 Å². The molecule has 0 aliphatic carbocycles. The number of amides is 1. The lowest BCUT2D eigenvalue weighted by molar-refractivity contribution is 0.0827. The molecule has 0 unspecified atom stereocenters. The van der Waals surface area contributed by atoms with Gasteiger partial charge in [-0.25, -0.2) is 4.99 Å². The quantitative estimate of drug-likeness (QED) is 0.287. The summed E-state index contributed by atoms with van der Waals surface area (Å²) in [7, 11) is 3.53. The lowest BCUT2D eigenvalue weighted by Gasteiger charge is -2.27. The van der Waals surface area contributed by atoms with E-state index in [1.807, 2.05) is 24.3 Å². The molecule has 0 atom stereocenters. The molecule has 1 fully saturated rings. The van der Waals surface area contributed by atoms with Crippen LogP contribution in [0.2, 0.25) is 0 Å². The Balaban J connectivity index is 0.00000385. The Morgan fingerprint density at radius 2 is 1.64 bits per heavy atom. The van der Waals surface area contributed by atoms with Crippen molar-refractivity contribution in [3.63, 3.8) is 0 Å². The van der Waals surface area contributed by atoms with Crippen LogP contribution in [0.5, 0.6) is 0 Å². The molecule has 1 amide bonds. The second-order valence-corrected chi connectivity index (χ2v) is 8.55. The molecule has 3 rings (SSSR count). The Hall–Kier alpha value is -2.13. The number of rotatable bonds is 8. The number of halogens is 1. The summed E-state index contributed by atoms with van der Waals surface area (Å²) < 4.78 is 0. The third-order valence-electron chi connectivity index (χ3n) is 5.78. The first kappa shape index (κ1) is 27.1. The molecule has 1 aliphatic rings. The highest BCUT2D eigenvalue weighted by molar-refractivity contribution is 14.0. The van der Waals surface area contributed by atoms with E-state index in [0.717, 1.165) is 31.2 Å². The molecular formula is C26H38IN5O. The van der Waals surface area contributed by atoms with E-state index >= 15 is 0 Å². The van der Waals surface area contributed by atoms with Gasteiger partial charge in [0, 0.05) is 39.3 Å². The normalized spacial score (nSPS) is 14.3. The summed E-state index contributed by atoms with van der Waals surface area (Å²) in [4.78, 5) is 20.9. The van der Waals surface area contributed by atoms with Gasteiger partial charge in [-0.15, -0.1) is 24.0 Å². The predicted molar refractivity (Wildman–Crippen MR) is 147 cm³/mol. The molecule has 0 radical (unpaired) electrons. The van der Waals surface area contributed by atoms with Crippen molar-refractivity contribution in [1.82, 2.24) is 20.4 Å². The Labute approximate surface area is 215 Å². The zero-order valence-electron chi connectivity index (χ0n) is 20.1. The minimum Gasteiger partial charge on any atom is -0.357 e. The maximum atomic E-state index is 12.1. The van der Waals surface area contributed by atoms with Gasteiger partial charge in [0.05, 0.1) is 6.54 Å². The summed E-state index contributed by atoms with van der Waals surface area (Å²) in [6, 6.07) is 16.4. The topological polar surface area (TPSA) is 60.0 Å². The van der Waals surface area contributed by atoms with Gasteiger partial charge in [-0.1, -0.05) is 42.8 Å². The van der Waals surface area contributed by atoms with Crippen molar-refractivity contribution in [3.8, 4) is 0 Å². The molecule has 1 aliphatic heterocycles. The number of aliphatic imine (C=N–C) groups is 1. The fraction of sp³-hybridized carbons (Fsp3) is 0.462. The van der Waals surface area contributed by atoms with E-state index in [0.29, 0.717) is 12.1 Å². The van der Waals surface area contributed by atoms with E-state index in [9.17, 15) is 4.79 Å². The first-order valence-corrected chi connectivity index (χ1v) is 11.7. The lowest BCUT2D eigenvalue weighted by atomic mass is 10.0. The third-order valence-corrected chi connectivity index (χ3v) is 5.78. The number of nitrogens with zero attached hydrogens (tertiary/aromatic N) is 3. The number of piperidine rings is 1. The van der Waals surface area contributed by atoms with Crippen molar-refractivity contribution in [2.45, 2.75) is 45.8 Å². The van der Waals surface area contributed by atoms with Crippen molar-refractivity contribution in [1.29, 1.82) is 0 Å². The van der Waals surface area contributed by atoms with Crippen LogP contribution in [0, 0.1) is 0 Å². The summed E-state index contributed by atoms with van der Waals surface area (Å²) in [6.07, 6.45) is 3.97. The van der Waals surface area contributed by atoms with Crippen LogP contribution < -0.4 is 10.6 Å². The zero-order chi connectivity index (χ0) is 22.8. The van der Waals surface area contributed by atoms with Crippen LogP contribution in [0.1, 0.15) is 53.2 Å². The van der Waals surface area contributed by atoms with Gasteiger partial charge in [0.1, 0.15) is 0 Å². The summed E-state index contributed by atoms with van der Waals surface area (Å²) >= 11 is 0. The van der Waals surface area contributed by atoms with Gasteiger partial charge in [0.15, 0.2) is 5.96 Å². The van der Waals surface area contributed by atoms with Crippen LogP contribution in [-0.4, -0.2) is 55.4 Å². The molecule has 180 valence electrons. The molecule has 1 saturated heterocycles. The van der Waals surface area contributed by atoms with Crippen molar-refractivity contribution in [2.75, 3.05) is 33.7 Å². The summed E-state index contributed by atoms with van der Waals surface area (Å²) in [5.74, 6) is 0.812. The van der Waals surface area contributed by atoms with Gasteiger partial charge >= 0.3 is 0 Å². The summed E-state index contributed by atoms with van der Waals surface area (Å²) in [5, 5.41) is 6.83. The molecule has 2 aromatic carbocycles. The van der Waals surface area contributed by atoms with E-state index in [1.165, 1.54) is 43.5 Å². The zero-order valence-corrected chi connectivity index (χ0v) is 22.5. The lowest BCUT2D eigenvalue weighted by Crippen LogP contribution is -2.37. The van der Waals surface area contributed by atoms with Crippen molar-refractivity contribution in [3.05, 3.63) is 70.8 Å². The minimum atomic E-state index is 0. The Kier molecular flexibility index (Phi) is 11.7. The average molecular weight is 564 g/mol. The number of guanidine groups is 1. The van der Waals surface area contributed by atoms with E-state index in [4.69, 9.17) is 4.99 Å². The second-order valence-electron chi connectivity index (χ2n) is 8.55. The Morgan fingerprint density at radius 3 is 2.27 bits per heavy atom. The van der Waals surface area contributed by atoms with E-state index in [1.54, 1.807) is 19.0 Å². The molecular weight excluding hydrogens is 525 g/mol. The molecule has 0 spiro atoms. The van der Waals surface area contributed by atoms with E-state index in [2.05, 4.69) is 46.7 Å². The van der Waals surface area contributed by atoms with Crippen molar-refractivity contribution >= 4 is 35.8 Å². The van der Waals surface area contributed by atoms with Gasteiger partial charge in [0.25, 0.3) is 5.91 Å². The highest BCUT2D eigenvalue weighted by Crippen LogP contribution is 2.16. The molecule has 2 aromatic rings. The fourth-order valence-electron chi connectivity index (χ4n) is 3.94. The predicted octanol–water partition coefficient (Wildman–Crippen LogP) is 4.25. The Morgan fingerprint density at radius 1 is 0.970 bits per heavy atom. The first-order valence-electron chi connectivity index (χ1n) is 11.7. The molecule has 1 heterocycles. The Bertz CT molecular complexity index is 892. The number of hydrogen-bond acceptors (Lipinski definition) is 3. The van der Waals surface area contributed by atoms with Gasteiger partial charge in [-0.3, -0.25) is 9.69 Å². The molecule has 0 bridgehead atoms. The number of carbonyl (C=O) groups is 1. The molecule has 6 nitrogen and oxygen atoms in total. The largest absolute Gasteiger partial charge is 0.357 e. The molecule has 0 saturated carbocycles. The van der Waals surface area contributed by atoms with Gasteiger partial charge < -0.3 is 15.5 Å². The maximum Gasteiger partial charge on any atom is 0.253 e.